The molecular formula is C19H20N2O2. The summed E-state index contributed by atoms with van der Waals surface area (Å²) in [4.78, 5) is 15.9. The molecule has 0 saturated heterocycles. The molecule has 0 unspecified atom stereocenters. The Morgan fingerprint density at radius 2 is 2.09 bits per heavy atom. The van der Waals surface area contributed by atoms with Gasteiger partial charge < -0.3 is 10.1 Å². The molecule has 0 aliphatic rings. The van der Waals surface area contributed by atoms with Gasteiger partial charge in [0.25, 0.3) is 0 Å². The smallest absolute Gasteiger partial charge is 0.225 e. The van der Waals surface area contributed by atoms with E-state index < -0.39 is 0 Å². The maximum Gasteiger partial charge on any atom is 0.225 e. The van der Waals surface area contributed by atoms with E-state index in [9.17, 15) is 4.79 Å². The molecule has 1 amide bonds. The number of nitrogens with one attached hydrogen (secondary N) is 1. The lowest BCUT2D eigenvalue weighted by molar-refractivity contribution is -0.120. The zero-order chi connectivity index (χ0) is 16.5. The number of benzene rings is 1. The lowest BCUT2D eigenvalue weighted by atomic mass is 10.1. The largest absolute Gasteiger partial charge is 0.479 e. The average molecular weight is 308 g/mol. The van der Waals surface area contributed by atoms with E-state index in [4.69, 9.17) is 4.74 Å². The molecular weight excluding hydrogens is 288 g/mol. The van der Waals surface area contributed by atoms with Crippen molar-refractivity contribution in [3.05, 3.63) is 59.4 Å². The van der Waals surface area contributed by atoms with E-state index in [1.165, 1.54) is 0 Å². The number of pyridine rings is 1. The molecule has 1 N–H and O–H groups in total. The fourth-order valence-electron chi connectivity index (χ4n) is 1.99. The molecule has 0 aliphatic heterocycles. The quantitative estimate of drug-likeness (QED) is 0.863. The Hall–Kier alpha value is -2.80. The molecule has 118 valence electrons. The first-order valence-electron chi connectivity index (χ1n) is 7.47. The summed E-state index contributed by atoms with van der Waals surface area (Å²) in [5.74, 6) is 6.38. The molecule has 4 heteroatoms. The van der Waals surface area contributed by atoms with Crippen LogP contribution < -0.4 is 10.1 Å². The molecule has 0 radical (unpaired) electrons. The molecule has 0 aliphatic carbocycles. The Morgan fingerprint density at radius 3 is 2.83 bits per heavy atom. The summed E-state index contributed by atoms with van der Waals surface area (Å²) < 4.78 is 5.43. The molecule has 23 heavy (non-hydrogen) atoms. The second kappa shape index (κ2) is 8.60. The van der Waals surface area contributed by atoms with Crippen molar-refractivity contribution in [1.29, 1.82) is 0 Å². The fraction of sp³-hybridized carbons (Fsp3) is 0.263. The third-order valence-electron chi connectivity index (χ3n) is 3.14. The lowest BCUT2D eigenvalue weighted by Gasteiger charge is -2.03. The van der Waals surface area contributed by atoms with E-state index in [1.54, 1.807) is 6.20 Å². The SMILES string of the molecule is Cc1cccc(CC(=O)NCC#CCOc2ccc(C)nc2)c1. The van der Waals surface area contributed by atoms with E-state index in [0.717, 1.165) is 16.8 Å². The van der Waals surface area contributed by atoms with Crippen molar-refractivity contribution < 1.29 is 9.53 Å². The van der Waals surface area contributed by atoms with Gasteiger partial charge in [-0.3, -0.25) is 9.78 Å². The van der Waals surface area contributed by atoms with Crippen LogP contribution in [0.2, 0.25) is 0 Å². The topological polar surface area (TPSA) is 51.2 Å². The average Bonchev–Trinajstić information content (AvgIpc) is 2.52. The van der Waals surface area contributed by atoms with Crippen molar-refractivity contribution in [3.8, 4) is 17.6 Å². The van der Waals surface area contributed by atoms with Crippen molar-refractivity contribution in [2.75, 3.05) is 13.2 Å². The Kier molecular flexibility index (Phi) is 6.19. The van der Waals surface area contributed by atoms with Gasteiger partial charge in [-0.15, -0.1) is 0 Å². The monoisotopic (exact) mass is 308 g/mol. The van der Waals surface area contributed by atoms with Crippen LogP contribution in [0, 0.1) is 25.7 Å². The highest BCUT2D eigenvalue weighted by Gasteiger charge is 2.01. The fourth-order valence-corrected chi connectivity index (χ4v) is 1.99. The van der Waals surface area contributed by atoms with Crippen LogP contribution in [0.5, 0.6) is 5.75 Å². The Labute approximate surface area is 136 Å². The van der Waals surface area contributed by atoms with Gasteiger partial charge in [0.15, 0.2) is 0 Å². The molecule has 0 spiro atoms. The van der Waals surface area contributed by atoms with Gasteiger partial charge >= 0.3 is 0 Å². The van der Waals surface area contributed by atoms with Crippen LogP contribution in [-0.4, -0.2) is 24.0 Å². The zero-order valence-corrected chi connectivity index (χ0v) is 13.4. The normalized spacial score (nSPS) is 9.65. The third-order valence-corrected chi connectivity index (χ3v) is 3.14. The standard InChI is InChI=1S/C19H20N2O2/c1-15-6-5-7-17(12-15)13-19(22)20-10-3-4-11-23-18-9-8-16(2)21-14-18/h5-9,12,14H,10-11,13H2,1-2H3,(H,20,22). The highest BCUT2D eigenvalue weighted by molar-refractivity contribution is 5.78. The van der Waals surface area contributed by atoms with Crippen molar-refractivity contribution in [2.45, 2.75) is 20.3 Å². The molecule has 2 aromatic rings. The first kappa shape index (κ1) is 16.6. The van der Waals surface area contributed by atoms with Crippen LogP contribution in [0.4, 0.5) is 0 Å². The van der Waals surface area contributed by atoms with Crippen LogP contribution in [-0.2, 0) is 11.2 Å². The number of aromatic nitrogens is 1. The van der Waals surface area contributed by atoms with Crippen LogP contribution in [0.15, 0.2) is 42.6 Å². The van der Waals surface area contributed by atoms with Crippen molar-refractivity contribution in [2.24, 2.45) is 0 Å². The van der Waals surface area contributed by atoms with E-state index in [0.29, 0.717) is 18.7 Å². The highest BCUT2D eigenvalue weighted by Crippen LogP contribution is 2.07. The molecule has 0 atom stereocenters. The molecule has 1 aromatic carbocycles. The number of amides is 1. The van der Waals surface area contributed by atoms with Gasteiger partial charge in [0, 0.05) is 5.69 Å². The van der Waals surface area contributed by atoms with Crippen LogP contribution in [0.25, 0.3) is 0 Å². The van der Waals surface area contributed by atoms with Gasteiger partial charge in [0.2, 0.25) is 5.91 Å². The molecule has 1 aromatic heterocycles. The minimum absolute atomic E-state index is 0.0337. The molecule has 4 nitrogen and oxygen atoms in total. The van der Waals surface area contributed by atoms with Crippen LogP contribution in [0.1, 0.15) is 16.8 Å². The van der Waals surface area contributed by atoms with Gasteiger partial charge in [0.05, 0.1) is 19.2 Å². The summed E-state index contributed by atoms with van der Waals surface area (Å²) in [5.41, 5.74) is 3.10. The third kappa shape index (κ3) is 6.23. The summed E-state index contributed by atoms with van der Waals surface area (Å²) in [5, 5.41) is 2.78. The van der Waals surface area contributed by atoms with Gasteiger partial charge in [-0.1, -0.05) is 41.7 Å². The Balaban J connectivity index is 1.67. The zero-order valence-electron chi connectivity index (χ0n) is 13.4. The highest BCUT2D eigenvalue weighted by atomic mass is 16.5. The maximum absolute atomic E-state index is 11.8. The number of hydrogen-bond acceptors (Lipinski definition) is 3. The first-order chi connectivity index (χ1) is 11.1. The van der Waals surface area contributed by atoms with E-state index >= 15 is 0 Å². The van der Waals surface area contributed by atoms with Gasteiger partial charge in [-0.05, 0) is 31.5 Å². The summed E-state index contributed by atoms with van der Waals surface area (Å²) in [6.07, 6.45) is 2.04. The molecule has 0 saturated carbocycles. The second-order valence-corrected chi connectivity index (χ2v) is 5.22. The second-order valence-electron chi connectivity index (χ2n) is 5.22. The molecule has 1 heterocycles. The minimum atomic E-state index is -0.0337. The first-order valence-corrected chi connectivity index (χ1v) is 7.47. The summed E-state index contributed by atoms with van der Waals surface area (Å²) in [6, 6.07) is 11.7. The van der Waals surface area contributed by atoms with E-state index in [1.807, 2.05) is 50.2 Å². The summed E-state index contributed by atoms with van der Waals surface area (Å²) >= 11 is 0. The minimum Gasteiger partial charge on any atom is -0.479 e. The Bertz CT molecular complexity index is 712. The predicted octanol–water partition coefficient (Wildman–Crippen LogP) is 2.44. The number of ether oxygens (including phenoxy) is 1. The van der Waals surface area contributed by atoms with Crippen molar-refractivity contribution in [1.82, 2.24) is 10.3 Å². The van der Waals surface area contributed by atoms with Crippen molar-refractivity contribution in [3.63, 3.8) is 0 Å². The number of nitrogens with zero attached hydrogens (tertiary/aromatic N) is 1. The van der Waals surface area contributed by atoms with Crippen LogP contribution in [0.3, 0.4) is 0 Å². The van der Waals surface area contributed by atoms with Crippen molar-refractivity contribution >= 4 is 5.91 Å². The maximum atomic E-state index is 11.8. The van der Waals surface area contributed by atoms with Crippen LogP contribution >= 0.6 is 0 Å². The summed E-state index contributed by atoms with van der Waals surface area (Å²) in [6.45, 7) is 4.53. The van der Waals surface area contributed by atoms with E-state index in [-0.39, 0.29) is 12.5 Å². The molecule has 0 fully saturated rings. The van der Waals surface area contributed by atoms with Gasteiger partial charge in [-0.2, -0.15) is 0 Å². The van der Waals surface area contributed by atoms with Gasteiger partial charge in [-0.25, -0.2) is 0 Å². The Morgan fingerprint density at radius 1 is 1.22 bits per heavy atom. The number of rotatable bonds is 5. The molecule has 2 rings (SSSR count). The predicted molar refractivity (Wildman–Crippen MR) is 90.1 cm³/mol. The number of carbonyl (C=O) groups is 1. The lowest BCUT2D eigenvalue weighted by Crippen LogP contribution is -2.25. The summed E-state index contributed by atoms with van der Waals surface area (Å²) in [7, 11) is 0. The van der Waals surface area contributed by atoms with E-state index in [2.05, 4.69) is 22.1 Å². The molecule has 0 bridgehead atoms. The number of aryl methyl sites for hydroxylation is 2. The van der Waals surface area contributed by atoms with Gasteiger partial charge in [0.1, 0.15) is 12.4 Å². The number of carbonyl (C=O) groups excluding carboxylic acids is 1. The number of hydrogen-bond donors (Lipinski definition) is 1.